The second-order valence-electron chi connectivity index (χ2n) is 5.17. The molecule has 0 spiro atoms. The molecule has 0 atom stereocenters. The summed E-state index contributed by atoms with van der Waals surface area (Å²) in [5.41, 5.74) is 0.400. The van der Waals surface area contributed by atoms with E-state index in [0.29, 0.717) is 32.3 Å². The van der Waals surface area contributed by atoms with Crippen LogP contribution in [0.25, 0.3) is 5.57 Å². The summed E-state index contributed by atoms with van der Waals surface area (Å²) in [5, 5.41) is 14.5. The van der Waals surface area contributed by atoms with Crippen LogP contribution in [-0.4, -0.2) is 20.6 Å². The van der Waals surface area contributed by atoms with E-state index in [1.165, 1.54) is 22.7 Å². The molecule has 1 aliphatic rings. The molecule has 2 aromatic heterocycles. The maximum atomic E-state index is 12.4. The number of carbonyl (C=O) groups excluding carboxylic acids is 1. The van der Waals surface area contributed by atoms with Crippen molar-refractivity contribution in [3.8, 4) is 5.88 Å². The van der Waals surface area contributed by atoms with Crippen LogP contribution in [0.2, 0.25) is 0 Å². The number of benzene rings is 1. The number of carbonyl (C=O) groups is 1. The maximum Gasteiger partial charge on any atom is 0.279 e. The van der Waals surface area contributed by atoms with Gasteiger partial charge < -0.3 is 5.11 Å². The number of aromatic hydroxyl groups is 1. The van der Waals surface area contributed by atoms with Crippen molar-refractivity contribution in [2.45, 2.75) is 6.54 Å². The molecular weight excluding hydrogens is 356 g/mol. The van der Waals surface area contributed by atoms with E-state index in [-0.39, 0.29) is 11.8 Å². The van der Waals surface area contributed by atoms with Crippen LogP contribution >= 0.6 is 22.7 Å². The Morgan fingerprint density at radius 1 is 1.36 bits per heavy atom. The van der Waals surface area contributed by atoms with Crippen LogP contribution in [0.1, 0.15) is 4.88 Å². The first-order valence-electron chi connectivity index (χ1n) is 7.39. The van der Waals surface area contributed by atoms with E-state index in [1.54, 1.807) is 22.9 Å². The number of allylic oxidation sites excluding steroid dienone is 1. The van der Waals surface area contributed by atoms with Crippen molar-refractivity contribution in [2.75, 3.05) is 0 Å². The van der Waals surface area contributed by atoms with Crippen LogP contribution in [0.3, 0.4) is 0 Å². The van der Waals surface area contributed by atoms with Crippen molar-refractivity contribution in [3.63, 3.8) is 0 Å². The summed E-state index contributed by atoms with van der Waals surface area (Å²) < 4.78 is 1.61. The number of nitrogens with zero attached hydrogens (tertiary/aromatic N) is 4. The van der Waals surface area contributed by atoms with Gasteiger partial charge in [0.05, 0.1) is 10.9 Å². The molecule has 6 nitrogen and oxygen atoms in total. The topological polar surface area (TPSA) is 79.8 Å². The molecule has 0 unspecified atom stereocenters. The predicted octanol–water partition coefficient (Wildman–Crippen LogP) is 1.49. The third kappa shape index (κ3) is 2.65. The van der Waals surface area contributed by atoms with E-state index in [4.69, 9.17) is 0 Å². The van der Waals surface area contributed by atoms with E-state index in [2.05, 4.69) is 21.5 Å². The van der Waals surface area contributed by atoms with Crippen LogP contribution in [0.5, 0.6) is 5.88 Å². The Hall–Kier alpha value is -2.84. The highest BCUT2D eigenvalue weighted by Crippen LogP contribution is 2.29. The molecule has 0 saturated carbocycles. The second kappa shape index (κ2) is 6.23. The molecular formula is C17H12N4O2S2. The fraction of sp³-hybridized carbons (Fsp3) is 0.0588. The average Bonchev–Trinajstić information content (AvgIpc) is 3.29. The number of thiazole rings is 2. The summed E-state index contributed by atoms with van der Waals surface area (Å²) in [6, 6.07) is 7.28. The largest absolute Gasteiger partial charge is 0.493 e. The zero-order valence-electron chi connectivity index (χ0n) is 12.9. The summed E-state index contributed by atoms with van der Waals surface area (Å²) in [6.45, 7) is 4.09. The smallest absolute Gasteiger partial charge is 0.279 e. The molecule has 0 fully saturated rings. The molecule has 124 valence electrons. The van der Waals surface area contributed by atoms with Gasteiger partial charge in [-0.2, -0.15) is 4.99 Å². The monoisotopic (exact) mass is 368 g/mol. The number of amides is 1. The summed E-state index contributed by atoms with van der Waals surface area (Å²) in [7, 11) is 0. The number of hydrogen-bond acceptors (Lipinski definition) is 6. The van der Waals surface area contributed by atoms with Gasteiger partial charge in [0.1, 0.15) is 4.88 Å². The third-order valence-corrected chi connectivity index (χ3v) is 5.39. The first-order valence-corrected chi connectivity index (χ1v) is 9.09. The molecule has 1 amide bonds. The highest BCUT2D eigenvalue weighted by Gasteiger charge is 2.25. The summed E-state index contributed by atoms with van der Waals surface area (Å²) in [4.78, 5) is 26.1. The molecule has 3 heterocycles. The lowest BCUT2D eigenvalue weighted by atomic mass is 10.1. The number of fused-ring (bicyclic) bond motifs is 1. The molecule has 3 aromatic rings. The summed E-state index contributed by atoms with van der Waals surface area (Å²) >= 11 is 2.63. The van der Waals surface area contributed by atoms with Gasteiger partial charge in [0, 0.05) is 23.3 Å². The van der Waals surface area contributed by atoms with Crippen molar-refractivity contribution in [1.29, 1.82) is 0 Å². The second-order valence-corrected chi connectivity index (χ2v) is 7.02. The van der Waals surface area contributed by atoms with Gasteiger partial charge in [-0.15, -0.1) is 17.9 Å². The van der Waals surface area contributed by atoms with Gasteiger partial charge in [-0.3, -0.25) is 9.36 Å². The molecule has 0 bridgehead atoms. The lowest BCUT2D eigenvalue weighted by Gasteiger charge is -2.01. The van der Waals surface area contributed by atoms with E-state index in [1.807, 2.05) is 23.6 Å². The summed E-state index contributed by atoms with van der Waals surface area (Å²) in [6.07, 6.45) is 3.33. The molecule has 25 heavy (non-hydrogen) atoms. The standard InChI is InChI=1S/C17H12N4O2S2/c1-2-8-21-15(23)13(25-17(21)20-16-18-7-9-24-16)12-10-5-3-4-6-11(10)19-14(12)22/h2-7,9,23H,1,8H2/b20-17-. The highest BCUT2D eigenvalue weighted by molar-refractivity contribution is 7.13. The number of para-hydroxylation sites is 1. The van der Waals surface area contributed by atoms with E-state index in [9.17, 15) is 9.90 Å². The Labute approximate surface area is 150 Å². The Morgan fingerprint density at radius 3 is 2.96 bits per heavy atom. The van der Waals surface area contributed by atoms with Crippen LogP contribution in [0, 0.1) is 0 Å². The lowest BCUT2D eigenvalue weighted by Crippen LogP contribution is -2.22. The molecule has 1 N–H and O–H groups in total. The minimum Gasteiger partial charge on any atom is -0.493 e. The van der Waals surface area contributed by atoms with Crippen LogP contribution < -0.4 is 15.4 Å². The minimum absolute atomic E-state index is 0.0181. The number of rotatable bonds is 4. The maximum absolute atomic E-state index is 12.4. The molecule has 4 rings (SSSR count). The highest BCUT2D eigenvalue weighted by atomic mass is 32.1. The molecule has 0 aliphatic carbocycles. The van der Waals surface area contributed by atoms with Crippen molar-refractivity contribution >= 4 is 39.3 Å². The third-order valence-electron chi connectivity index (χ3n) is 3.64. The Kier molecular flexibility index (Phi) is 3.90. The lowest BCUT2D eigenvalue weighted by molar-refractivity contribution is -0.112. The number of hydrogen-bond donors (Lipinski definition) is 1. The predicted molar refractivity (Wildman–Crippen MR) is 96.2 cm³/mol. The molecule has 1 aliphatic heterocycles. The zero-order valence-corrected chi connectivity index (χ0v) is 14.5. The Morgan fingerprint density at radius 2 is 2.20 bits per heavy atom. The van der Waals surface area contributed by atoms with Crippen molar-refractivity contribution in [3.05, 3.63) is 68.8 Å². The Bertz CT molecular complexity index is 1170. The molecule has 0 radical (unpaired) electrons. The van der Waals surface area contributed by atoms with Crippen LogP contribution in [0.4, 0.5) is 5.13 Å². The van der Waals surface area contributed by atoms with E-state index >= 15 is 0 Å². The van der Waals surface area contributed by atoms with Gasteiger partial charge >= 0.3 is 0 Å². The first-order chi connectivity index (χ1) is 12.2. The fourth-order valence-corrected chi connectivity index (χ4v) is 4.23. The van der Waals surface area contributed by atoms with Crippen LogP contribution in [-0.2, 0) is 11.3 Å². The SMILES string of the molecule is C=CCn1c(O)c(C2=c3ccccc3=NC2=O)s/c1=N\c1nccs1. The normalized spacial score (nSPS) is 13.8. The van der Waals surface area contributed by atoms with Crippen molar-refractivity contribution < 1.29 is 9.90 Å². The molecule has 0 saturated heterocycles. The van der Waals surface area contributed by atoms with Gasteiger partial charge in [-0.1, -0.05) is 35.6 Å². The Balaban J connectivity index is 2.01. The summed E-state index contributed by atoms with van der Waals surface area (Å²) in [5.74, 6) is -0.375. The quantitative estimate of drug-likeness (QED) is 0.709. The van der Waals surface area contributed by atoms with Crippen LogP contribution in [0.15, 0.2) is 58.5 Å². The van der Waals surface area contributed by atoms with Gasteiger partial charge in [-0.05, 0) is 6.07 Å². The molecule has 1 aromatic carbocycles. The van der Waals surface area contributed by atoms with Gasteiger partial charge in [0.2, 0.25) is 11.0 Å². The van der Waals surface area contributed by atoms with Gasteiger partial charge in [0.15, 0.2) is 4.80 Å². The fourth-order valence-electron chi connectivity index (χ4n) is 2.58. The first kappa shape index (κ1) is 15.7. The average molecular weight is 368 g/mol. The van der Waals surface area contributed by atoms with Crippen molar-refractivity contribution in [1.82, 2.24) is 9.55 Å². The van der Waals surface area contributed by atoms with E-state index in [0.717, 1.165) is 5.22 Å². The van der Waals surface area contributed by atoms with Crippen molar-refractivity contribution in [2.24, 2.45) is 9.98 Å². The number of aromatic nitrogens is 2. The van der Waals surface area contributed by atoms with Gasteiger partial charge in [-0.25, -0.2) is 9.98 Å². The minimum atomic E-state index is -0.357. The molecule has 8 heteroatoms. The zero-order chi connectivity index (χ0) is 17.4. The van der Waals surface area contributed by atoms with Gasteiger partial charge in [0.25, 0.3) is 5.91 Å². The van der Waals surface area contributed by atoms with E-state index < -0.39 is 0 Å².